The van der Waals surface area contributed by atoms with Crippen LogP contribution in [0.15, 0.2) is 40.9 Å². The number of hydrogen-bond acceptors (Lipinski definition) is 4. The molecule has 2 aromatic rings. The molecular weight excluding hydrogens is 360 g/mol. The van der Waals surface area contributed by atoms with Crippen molar-refractivity contribution in [1.82, 2.24) is 0 Å². The van der Waals surface area contributed by atoms with Crippen molar-refractivity contribution in [2.24, 2.45) is 0 Å². The highest BCUT2D eigenvalue weighted by atomic mass is 79.9. The molecule has 120 valence electrons. The number of benzene rings is 2. The molecule has 0 aromatic heterocycles. The molecule has 0 amide bonds. The normalized spacial score (nSPS) is 15.4. The molecule has 5 nitrogen and oxygen atoms in total. The summed E-state index contributed by atoms with van der Waals surface area (Å²) in [6.07, 6.45) is 0. The highest BCUT2D eigenvalue weighted by Crippen LogP contribution is 2.53. The van der Waals surface area contributed by atoms with Gasteiger partial charge >= 0.3 is 0 Å². The van der Waals surface area contributed by atoms with Gasteiger partial charge in [0.15, 0.2) is 0 Å². The lowest BCUT2D eigenvalue weighted by atomic mass is 9.87. The van der Waals surface area contributed by atoms with Crippen molar-refractivity contribution in [2.45, 2.75) is 19.3 Å². The van der Waals surface area contributed by atoms with Gasteiger partial charge in [-0.05, 0) is 18.2 Å². The first-order chi connectivity index (χ1) is 10.9. The lowest BCUT2D eigenvalue weighted by molar-refractivity contribution is -0.384. The molecule has 0 saturated heterocycles. The zero-order valence-corrected chi connectivity index (χ0v) is 14.8. The molecule has 0 bridgehead atoms. The number of anilines is 2. The maximum absolute atomic E-state index is 11.4. The fraction of sp³-hybridized carbons (Fsp3) is 0.294. The second-order valence-corrected chi connectivity index (χ2v) is 7.04. The third kappa shape index (κ3) is 2.47. The highest BCUT2D eigenvalue weighted by Gasteiger charge is 2.41. The average molecular weight is 377 g/mol. The van der Waals surface area contributed by atoms with Gasteiger partial charge in [0.1, 0.15) is 11.4 Å². The summed E-state index contributed by atoms with van der Waals surface area (Å²) in [5.41, 5.74) is 2.52. The predicted molar refractivity (Wildman–Crippen MR) is 93.8 cm³/mol. The standard InChI is InChI=1S/C17H17BrN2O3/c1-17(2)10-19(12-6-4-5-7-13(12)20(21)22)16-14(23-3)9-8-11(18)15(16)17/h4-9H,10H2,1-3H3. The molecule has 0 radical (unpaired) electrons. The number of rotatable bonds is 3. The van der Waals surface area contributed by atoms with Gasteiger partial charge in [-0.15, -0.1) is 0 Å². The fourth-order valence-electron chi connectivity index (χ4n) is 3.23. The van der Waals surface area contributed by atoms with Gasteiger partial charge in [0.25, 0.3) is 5.69 Å². The van der Waals surface area contributed by atoms with Crippen molar-refractivity contribution in [2.75, 3.05) is 18.6 Å². The number of ether oxygens (including phenoxy) is 1. The smallest absolute Gasteiger partial charge is 0.292 e. The Morgan fingerprint density at radius 3 is 2.61 bits per heavy atom. The van der Waals surface area contributed by atoms with E-state index in [4.69, 9.17) is 4.74 Å². The molecular formula is C17H17BrN2O3. The van der Waals surface area contributed by atoms with Crippen LogP contribution in [0.25, 0.3) is 0 Å². The third-order valence-corrected chi connectivity index (χ3v) is 4.84. The monoisotopic (exact) mass is 376 g/mol. The number of halogens is 1. The summed E-state index contributed by atoms with van der Waals surface area (Å²) in [7, 11) is 1.62. The predicted octanol–water partition coefficient (Wildman–Crippen LogP) is 4.80. The first kappa shape index (κ1) is 15.8. The summed E-state index contributed by atoms with van der Waals surface area (Å²) in [5, 5.41) is 11.4. The molecule has 6 heteroatoms. The third-order valence-electron chi connectivity index (χ3n) is 4.18. The van der Waals surface area contributed by atoms with Crippen molar-refractivity contribution in [3.05, 3.63) is 56.5 Å². The lowest BCUT2D eigenvalue weighted by Crippen LogP contribution is -2.25. The largest absolute Gasteiger partial charge is 0.495 e. The lowest BCUT2D eigenvalue weighted by Gasteiger charge is -2.22. The van der Waals surface area contributed by atoms with Gasteiger partial charge < -0.3 is 9.64 Å². The van der Waals surface area contributed by atoms with E-state index in [0.29, 0.717) is 18.0 Å². The zero-order valence-electron chi connectivity index (χ0n) is 13.2. The number of para-hydroxylation sites is 2. The Labute approximate surface area is 143 Å². The van der Waals surface area contributed by atoms with E-state index in [1.54, 1.807) is 19.2 Å². The Balaban J connectivity index is 2.28. The minimum Gasteiger partial charge on any atom is -0.495 e. The SMILES string of the molecule is COc1ccc(Br)c2c1N(c1ccccc1[N+](=O)[O-])CC2(C)C. The van der Waals surface area contributed by atoms with Crippen molar-refractivity contribution in [3.63, 3.8) is 0 Å². The fourth-order valence-corrected chi connectivity index (χ4v) is 4.09. The molecule has 0 fully saturated rings. The van der Waals surface area contributed by atoms with Crippen molar-refractivity contribution in [3.8, 4) is 5.75 Å². The number of hydrogen-bond donors (Lipinski definition) is 0. The van der Waals surface area contributed by atoms with E-state index in [9.17, 15) is 10.1 Å². The van der Waals surface area contributed by atoms with Crippen LogP contribution >= 0.6 is 15.9 Å². The molecule has 3 rings (SSSR count). The maximum Gasteiger partial charge on any atom is 0.292 e. The molecule has 1 aliphatic heterocycles. The molecule has 0 N–H and O–H groups in total. The van der Waals surface area contributed by atoms with Gasteiger partial charge in [0.05, 0.1) is 17.7 Å². The Morgan fingerprint density at radius 1 is 1.26 bits per heavy atom. The number of fused-ring (bicyclic) bond motifs is 1. The van der Waals surface area contributed by atoms with Crippen LogP contribution in [0, 0.1) is 10.1 Å². The summed E-state index contributed by atoms with van der Waals surface area (Å²) >= 11 is 3.62. The van der Waals surface area contributed by atoms with Crippen LogP contribution < -0.4 is 9.64 Å². The van der Waals surface area contributed by atoms with E-state index in [-0.39, 0.29) is 16.0 Å². The molecule has 0 atom stereocenters. The van der Waals surface area contributed by atoms with Gasteiger partial charge in [-0.3, -0.25) is 10.1 Å². The number of methoxy groups -OCH3 is 1. The Kier molecular flexibility index (Phi) is 3.80. The van der Waals surface area contributed by atoms with E-state index >= 15 is 0 Å². The summed E-state index contributed by atoms with van der Waals surface area (Å²) in [4.78, 5) is 13.1. The Morgan fingerprint density at radius 2 is 1.96 bits per heavy atom. The van der Waals surface area contributed by atoms with Crippen LogP contribution in [0.1, 0.15) is 19.4 Å². The van der Waals surface area contributed by atoms with E-state index in [0.717, 1.165) is 15.7 Å². The highest BCUT2D eigenvalue weighted by molar-refractivity contribution is 9.10. The van der Waals surface area contributed by atoms with Gasteiger partial charge in [-0.2, -0.15) is 0 Å². The molecule has 1 heterocycles. The summed E-state index contributed by atoms with van der Waals surface area (Å²) in [6.45, 7) is 4.90. The minimum absolute atomic E-state index is 0.0955. The van der Waals surface area contributed by atoms with E-state index in [1.165, 1.54) is 6.07 Å². The average Bonchev–Trinajstić information content (AvgIpc) is 2.80. The molecule has 0 aliphatic carbocycles. The quantitative estimate of drug-likeness (QED) is 0.570. The van der Waals surface area contributed by atoms with Crippen LogP contribution in [0.2, 0.25) is 0 Å². The van der Waals surface area contributed by atoms with Crippen LogP contribution in [-0.4, -0.2) is 18.6 Å². The first-order valence-electron chi connectivity index (χ1n) is 7.25. The summed E-state index contributed by atoms with van der Waals surface area (Å²) in [5.74, 6) is 0.715. The Hall–Kier alpha value is -2.08. The molecule has 1 aliphatic rings. The second-order valence-electron chi connectivity index (χ2n) is 6.19. The van der Waals surface area contributed by atoms with Gasteiger partial charge in [0, 0.05) is 28.1 Å². The van der Waals surface area contributed by atoms with E-state index < -0.39 is 0 Å². The number of nitro groups is 1. The molecule has 0 unspecified atom stereocenters. The van der Waals surface area contributed by atoms with Gasteiger partial charge in [-0.1, -0.05) is 41.9 Å². The van der Waals surface area contributed by atoms with Crippen LogP contribution in [0.4, 0.5) is 17.1 Å². The van der Waals surface area contributed by atoms with Crippen LogP contribution in [0.3, 0.4) is 0 Å². The first-order valence-corrected chi connectivity index (χ1v) is 8.04. The number of nitro benzene ring substituents is 1. The van der Waals surface area contributed by atoms with Crippen molar-refractivity contribution >= 4 is 33.0 Å². The topological polar surface area (TPSA) is 55.6 Å². The van der Waals surface area contributed by atoms with Gasteiger partial charge in [0.2, 0.25) is 0 Å². The summed E-state index contributed by atoms with van der Waals surface area (Å²) < 4.78 is 6.51. The Bertz CT molecular complexity index is 789. The zero-order chi connectivity index (χ0) is 16.8. The van der Waals surface area contributed by atoms with Crippen LogP contribution in [0.5, 0.6) is 5.75 Å². The molecule has 0 spiro atoms. The molecule has 0 saturated carbocycles. The van der Waals surface area contributed by atoms with Crippen LogP contribution in [-0.2, 0) is 5.41 Å². The van der Waals surface area contributed by atoms with E-state index in [1.807, 2.05) is 23.1 Å². The van der Waals surface area contributed by atoms with E-state index in [2.05, 4.69) is 29.8 Å². The van der Waals surface area contributed by atoms with Crippen molar-refractivity contribution < 1.29 is 9.66 Å². The minimum atomic E-state index is -0.342. The second kappa shape index (κ2) is 5.53. The maximum atomic E-state index is 11.4. The van der Waals surface area contributed by atoms with Gasteiger partial charge in [-0.25, -0.2) is 0 Å². The number of nitrogens with zero attached hydrogens (tertiary/aromatic N) is 2. The van der Waals surface area contributed by atoms with Crippen molar-refractivity contribution in [1.29, 1.82) is 0 Å². The molecule has 2 aromatic carbocycles. The molecule has 23 heavy (non-hydrogen) atoms. The summed E-state index contributed by atoms with van der Waals surface area (Å²) in [6, 6.07) is 10.7.